The summed E-state index contributed by atoms with van der Waals surface area (Å²) in [5, 5.41) is 6.00. The maximum atomic E-state index is 12.3. The van der Waals surface area contributed by atoms with Crippen LogP contribution in [0.5, 0.6) is 5.75 Å². The number of aryl methyl sites for hydroxylation is 1. The molecule has 0 saturated carbocycles. The molecular formula is C20H24N2O4. The van der Waals surface area contributed by atoms with Crippen molar-refractivity contribution < 1.29 is 19.1 Å². The Morgan fingerprint density at radius 3 is 2.08 bits per heavy atom. The molecule has 0 fully saturated rings. The van der Waals surface area contributed by atoms with E-state index in [9.17, 15) is 9.59 Å². The zero-order valence-electron chi connectivity index (χ0n) is 15.4. The second-order valence-electron chi connectivity index (χ2n) is 5.96. The predicted octanol–water partition coefficient (Wildman–Crippen LogP) is 2.83. The maximum absolute atomic E-state index is 12.3. The number of hydrogen-bond donors (Lipinski definition) is 2. The molecule has 6 nitrogen and oxygen atoms in total. The van der Waals surface area contributed by atoms with Crippen LogP contribution in [0.1, 0.15) is 24.1 Å². The van der Waals surface area contributed by atoms with Crippen molar-refractivity contribution in [3.8, 4) is 5.75 Å². The third-order valence-corrected chi connectivity index (χ3v) is 4.00. The van der Waals surface area contributed by atoms with Gasteiger partial charge in [0.25, 0.3) is 0 Å². The first-order valence-corrected chi connectivity index (χ1v) is 8.26. The highest BCUT2D eigenvalue weighted by Crippen LogP contribution is 2.25. The lowest BCUT2D eigenvalue weighted by Crippen LogP contribution is -2.47. The topological polar surface area (TPSA) is 76.7 Å². The zero-order chi connectivity index (χ0) is 19.1. The summed E-state index contributed by atoms with van der Waals surface area (Å²) in [6.07, 6.45) is 0. The van der Waals surface area contributed by atoms with Crippen molar-refractivity contribution in [2.24, 2.45) is 0 Å². The van der Waals surface area contributed by atoms with E-state index in [-0.39, 0.29) is 5.91 Å². The van der Waals surface area contributed by atoms with Crippen molar-refractivity contribution in [1.82, 2.24) is 5.32 Å². The largest absolute Gasteiger partial charge is 0.497 e. The molecule has 0 aliphatic carbocycles. The van der Waals surface area contributed by atoms with Gasteiger partial charge in [0.15, 0.2) is 6.04 Å². The van der Waals surface area contributed by atoms with Gasteiger partial charge in [-0.2, -0.15) is 0 Å². The molecule has 0 radical (unpaired) electrons. The fourth-order valence-electron chi connectivity index (χ4n) is 2.62. The molecule has 2 atom stereocenters. The van der Waals surface area contributed by atoms with E-state index in [2.05, 4.69) is 10.6 Å². The number of esters is 1. The first-order chi connectivity index (χ1) is 12.4. The monoisotopic (exact) mass is 356 g/mol. The molecule has 0 heterocycles. The summed E-state index contributed by atoms with van der Waals surface area (Å²) in [5.41, 5.74) is 2.75. The molecule has 0 aromatic heterocycles. The minimum atomic E-state index is -0.873. The Balaban J connectivity index is 2.39. The molecule has 0 aliphatic heterocycles. The Hall–Kier alpha value is -3.02. The second kappa shape index (κ2) is 8.89. The van der Waals surface area contributed by atoms with Crippen molar-refractivity contribution in [2.75, 3.05) is 19.5 Å². The van der Waals surface area contributed by atoms with E-state index in [4.69, 9.17) is 9.47 Å². The molecule has 2 N–H and O–H groups in total. The van der Waals surface area contributed by atoms with Crippen LogP contribution in [0.2, 0.25) is 0 Å². The Morgan fingerprint density at radius 2 is 1.58 bits per heavy atom. The third kappa shape index (κ3) is 4.99. The fraction of sp³-hybridized carbons (Fsp3) is 0.300. The van der Waals surface area contributed by atoms with Crippen molar-refractivity contribution in [3.63, 3.8) is 0 Å². The van der Waals surface area contributed by atoms with Crippen LogP contribution in [0.4, 0.5) is 5.69 Å². The molecule has 138 valence electrons. The lowest BCUT2D eigenvalue weighted by atomic mass is 9.97. The van der Waals surface area contributed by atoms with Gasteiger partial charge in [0.2, 0.25) is 5.91 Å². The number of amides is 1. The highest BCUT2D eigenvalue weighted by Gasteiger charge is 2.31. The molecule has 0 aliphatic rings. The molecule has 0 spiro atoms. The van der Waals surface area contributed by atoms with Crippen molar-refractivity contribution >= 4 is 17.6 Å². The number of methoxy groups -OCH3 is 2. The van der Waals surface area contributed by atoms with Crippen LogP contribution in [0.15, 0.2) is 48.5 Å². The summed E-state index contributed by atoms with van der Waals surface area (Å²) in [4.78, 5) is 24.0. The van der Waals surface area contributed by atoms with Gasteiger partial charge in [0.1, 0.15) is 5.75 Å². The molecule has 2 rings (SSSR count). The Kier molecular flexibility index (Phi) is 6.60. The molecule has 0 bridgehead atoms. The minimum absolute atomic E-state index is 0.311. The van der Waals surface area contributed by atoms with Crippen LogP contribution in [-0.2, 0) is 14.3 Å². The summed E-state index contributed by atoms with van der Waals surface area (Å²) in [6.45, 7) is 3.36. The summed E-state index contributed by atoms with van der Waals surface area (Å²) in [6, 6.07) is 13.7. The van der Waals surface area contributed by atoms with Crippen LogP contribution >= 0.6 is 0 Å². The van der Waals surface area contributed by atoms with Gasteiger partial charge >= 0.3 is 5.97 Å². The van der Waals surface area contributed by atoms with E-state index in [0.29, 0.717) is 0 Å². The van der Waals surface area contributed by atoms with E-state index in [0.717, 1.165) is 22.6 Å². The molecule has 2 aromatic rings. The molecule has 26 heavy (non-hydrogen) atoms. The van der Waals surface area contributed by atoms with Crippen molar-refractivity contribution in [3.05, 3.63) is 59.7 Å². The number of nitrogens with one attached hydrogen (secondary N) is 2. The molecule has 0 saturated heterocycles. The van der Waals surface area contributed by atoms with Gasteiger partial charge in [0.05, 0.1) is 20.3 Å². The number of ether oxygens (including phenoxy) is 2. The Bertz CT molecular complexity index is 741. The molecule has 1 amide bonds. The number of rotatable bonds is 7. The van der Waals surface area contributed by atoms with Gasteiger partial charge in [-0.3, -0.25) is 4.79 Å². The van der Waals surface area contributed by atoms with E-state index < -0.39 is 18.1 Å². The van der Waals surface area contributed by atoms with E-state index in [1.54, 1.807) is 7.11 Å². The quantitative estimate of drug-likeness (QED) is 0.746. The fourth-order valence-corrected chi connectivity index (χ4v) is 2.62. The number of anilines is 1. The smallest absolute Gasteiger partial charge is 0.330 e. The number of hydrogen-bond acceptors (Lipinski definition) is 5. The lowest BCUT2D eigenvalue weighted by molar-refractivity contribution is -0.145. The zero-order valence-corrected chi connectivity index (χ0v) is 15.4. The van der Waals surface area contributed by atoms with Gasteiger partial charge in [0, 0.05) is 12.6 Å². The minimum Gasteiger partial charge on any atom is -0.497 e. The molecule has 2 aromatic carbocycles. The van der Waals surface area contributed by atoms with E-state index in [1.165, 1.54) is 14.0 Å². The van der Waals surface area contributed by atoms with Gasteiger partial charge < -0.3 is 20.1 Å². The van der Waals surface area contributed by atoms with Crippen molar-refractivity contribution in [1.29, 1.82) is 0 Å². The lowest BCUT2D eigenvalue weighted by Gasteiger charge is -2.28. The summed E-state index contributed by atoms with van der Waals surface area (Å²) in [5.74, 6) is -0.102. The molecular weight excluding hydrogens is 332 g/mol. The predicted molar refractivity (Wildman–Crippen MR) is 100 cm³/mol. The summed E-state index contributed by atoms with van der Waals surface area (Å²) in [7, 11) is 2.90. The normalized spacial score (nSPS) is 12.6. The van der Waals surface area contributed by atoms with Gasteiger partial charge in [-0.05, 0) is 36.8 Å². The van der Waals surface area contributed by atoms with Crippen LogP contribution in [0, 0.1) is 6.92 Å². The van der Waals surface area contributed by atoms with Gasteiger partial charge in [-0.25, -0.2) is 4.79 Å². The van der Waals surface area contributed by atoms with Crippen molar-refractivity contribution in [2.45, 2.75) is 25.9 Å². The third-order valence-electron chi connectivity index (χ3n) is 4.00. The first-order valence-electron chi connectivity index (χ1n) is 8.26. The summed E-state index contributed by atoms with van der Waals surface area (Å²) >= 11 is 0. The average molecular weight is 356 g/mol. The van der Waals surface area contributed by atoms with Gasteiger partial charge in [-0.1, -0.05) is 29.8 Å². The maximum Gasteiger partial charge on any atom is 0.330 e. The second-order valence-corrected chi connectivity index (χ2v) is 5.96. The highest BCUT2D eigenvalue weighted by atomic mass is 16.5. The Morgan fingerprint density at radius 1 is 0.962 bits per heavy atom. The van der Waals surface area contributed by atoms with Crippen LogP contribution < -0.4 is 15.4 Å². The highest BCUT2D eigenvalue weighted by molar-refractivity contribution is 5.84. The standard InChI is InChI=1S/C20H24N2O4/c1-13-5-7-15(8-6-13)18(19(20(24)26-4)21-14(2)23)22-16-9-11-17(25-3)12-10-16/h5-12,18-19,22H,1-4H3,(H,21,23)/t18-,19+/m1/s1. The number of carbonyl (C=O) groups excluding carboxylic acids is 2. The molecule has 0 unspecified atom stereocenters. The van der Waals surface area contributed by atoms with Crippen LogP contribution in [0.3, 0.4) is 0 Å². The van der Waals surface area contributed by atoms with Crippen LogP contribution in [0.25, 0.3) is 0 Å². The number of carbonyl (C=O) groups is 2. The first kappa shape index (κ1) is 19.3. The van der Waals surface area contributed by atoms with Gasteiger partial charge in [-0.15, -0.1) is 0 Å². The van der Waals surface area contributed by atoms with E-state index in [1.807, 2.05) is 55.5 Å². The van der Waals surface area contributed by atoms with E-state index >= 15 is 0 Å². The van der Waals surface area contributed by atoms with Crippen LogP contribution in [-0.4, -0.2) is 32.1 Å². The summed E-state index contributed by atoms with van der Waals surface area (Å²) < 4.78 is 10.1. The Labute approximate surface area is 153 Å². The number of benzene rings is 2. The average Bonchev–Trinajstić information content (AvgIpc) is 2.65. The molecule has 6 heteroatoms. The SMILES string of the molecule is COC(=O)[C@@H](NC(C)=O)[C@H](Nc1ccc(OC)cc1)c1ccc(C)cc1.